The summed E-state index contributed by atoms with van der Waals surface area (Å²) in [5, 5.41) is 0. The van der Waals surface area contributed by atoms with Crippen molar-refractivity contribution < 1.29 is 19.1 Å². The van der Waals surface area contributed by atoms with Crippen LogP contribution in [0.2, 0.25) is 0 Å². The maximum absolute atomic E-state index is 14.7. The van der Waals surface area contributed by atoms with E-state index in [0.717, 1.165) is 57.8 Å². The van der Waals surface area contributed by atoms with Crippen molar-refractivity contribution in [1.29, 1.82) is 0 Å². The van der Waals surface area contributed by atoms with Gasteiger partial charge in [0, 0.05) is 24.0 Å². The van der Waals surface area contributed by atoms with Crippen molar-refractivity contribution in [1.82, 2.24) is 10.4 Å². The second-order valence-corrected chi connectivity index (χ2v) is 17.5. The van der Waals surface area contributed by atoms with Crippen LogP contribution >= 0.6 is 0 Å². The van der Waals surface area contributed by atoms with E-state index in [1.807, 2.05) is 18.2 Å². The van der Waals surface area contributed by atoms with Crippen molar-refractivity contribution >= 4 is 23.5 Å². The number of rotatable bonds is 6. The predicted octanol–water partition coefficient (Wildman–Crippen LogP) is 8.20. The molecule has 0 aromatic carbocycles. The molecule has 9 atom stereocenters. The van der Waals surface area contributed by atoms with E-state index in [0.29, 0.717) is 23.9 Å². The van der Waals surface area contributed by atoms with Gasteiger partial charge in [-0.2, -0.15) is 0 Å². The molecule has 4 saturated carbocycles. The van der Waals surface area contributed by atoms with Crippen molar-refractivity contribution in [3.05, 3.63) is 48.9 Å². The summed E-state index contributed by atoms with van der Waals surface area (Å²) < 4.78 is 5.14. The maximum Gasteiger partial charge on any atom is 0.310 e. The summed E-state index contributed by atoms with van der Waals surface area (Å²) in [5.41, 5.74) is 6.29. The normalized spacial score (nSPS) is 42.6. The number of ketones is 1. The zero-order valence-corrected chi connectivity index (χ0v) is 29.1. The summed E-state index contributed by atoms with van der Waals surface area (Å²) in [7, 11) is 0. The van der Waals surface area contributed by atoms with Crippen molar-refractivity contribution in [3.8, 4) is 0 Å². The number of esters is 1. The number of fused-ring (bicyclic) bond motifs is 7. The number of allylic oxidation sites excluding steroid dienone is 2. The summed E-state index contributed by atoms with van der Waals surface area (Å²) in [6, 6.07) is 5.57. The highest BCUT2D eigenvalue weighted by molar-refractivity contribution is 5.96. The molecule has 0 spiro atoms. The Kier molecular flexibility index (Phi) is 7.92. The third kappa shape index (κ3) is 4.80. The van der Waals surface area contributed by atoms with Crippen molar-refractivity contribution in [2.45, 2.75) is 113 Å². The van der Waals surface area contributed by atoms with Crippen LogP contribution in [0.15, 0.2) is 48.9 Å². The number of carbonyl (C=O) groups is 3. The number of ether oxygens (including phenoxy) is 1. The van der Waals surface area contributed by atoms with E-state index in [-0.39, 0.29) is 56.7 Å². The fourth-order valence-electron chi connectivity index (χ4n) is 11.9. The van der Waals surface area contributed by atoms with Gasteiger partial charge in [0.25, 0.3) is 0 Å². The van der Waals surface area contributed by atoms with E-state index in [1.165, 1.54) is 11.8 Å². The number of amides is 1. The highest BCUT2D eigenvalue weighted by Gasteiger charge is 2.70. The lowest BCUT2D eigenvalue weighted by atomic mass is 9.33. The quantitative estimate of drug-likeness (QED) is 0.187. The third-order valence-corrected chi connectivity index (χ3v) is 15.0. The van der Waals surface area contributed by atoms with Gasteiger partial charge >= 0.3 is 5.97 Å². The van der Waals surface area contributed by atoms with Crippen molar-refractivity contribution in [2.24, 2.45) is 56.2 Å². The molecule has 0 unspecified atom stereocenters. The van der Waals surface area contributed by atoms with Crippen LogP contribution in [0.25, 0.3) is 0 Å². The Bertz CT molecular complexity index is 1450. The number of anilines is 1. The smallest absolute Gasteiger partial charge is 0.310 e. The second kappa shape index (κ2) is 11.1. The number of aromatic nitrogens is 1. The molecule has 6 rings (SSSR count). The molecule has 1 heterocycles. The first-order valence-corrected chi connectivity index (χ1v) is 17.6. The average molecular weight is 630 g/mol. The highest BCUT2D eigenvalue weighted by atomic mass is 16.5. The third-order valence-electron chi connectivity index (χ3n) is 15.0. The molecule has 7 heteroatoms. The van der Waals surface area contributed by atoms with E-state index < -0.39 is 5.41 Å². The van der Waals surface area contributed by atoms with Gasteiger partial charge in [-0.25, -0.2) is 4.98 Å². The minimum absolute atomic E-state index is 0.0108. The predicted molar refractivity (Wildman–Crippen MR) is 180 cm³/mol. The molecule has 5 aliphatic rings. The van der Waals surface area contributed by atoms with E-state index in [2.05, 4.69) is 77.0 Å². The molecule has 0 bridgehead atoms. The van der Waals surface area contributed by atoms with Gasteiger partial charge in [0.15, 0.2) is 5.78 Å². The largest absolute Gasteiger partial charge is 0.435 e. The van der Waals surface area contributed by atoms with Crippen LogP contribution in [-0.4, -0.2) is 22.6 Å². The molecule has 250 valence electrons. The summed E-state index contributed by atoms with van der Waals surface area (Å²) >= 11 is 0. The number of hydrogen-bond donors (Lipinski definition) is 2. The molecule has 0 saturated heterocycles. The van der Waals surface area contributed by atoms with Crippen LogP contribution in [0.5, 0.6) is 0 Å². The number of pyridine rings is 1. The summed E-state index contributed by atoms with van der Waals surface area (Å²) in [4.78, 5) is 45.3. The lowest BCUT2D eigenvalue weighted by molar-refractivity contribution is -0.195. The van der Waals surface area contributed by atoms with E-state index in [9.17, 15) is 14.4 Å². The lowest BCUT2D eigenvalue weighted by Gasteiger charge is -2.70. The van der Waals surface area contributed by atoms with Crippen LogP contribution < -0.4 is 10.9 Å². The van der Waals surface area contributed by atoms with Crippen LogP contribution in [0.1, 0.15) is 113 Å². The van der Waals surface area contributed by atoms with E-state index >= 15 is 0 Å². The number of hydrogen-bond acceptors (Lipinski definition) is 6. The van der Waals surface area contributed by atoms with Gasteiger partial charge in [0.05, 0.1) is 6.26 Å². The van der Waals surface area contributed by atoms with Crippen LogP contribution in [0.3, 0.4) is 0 Å². The molecule has 0 radical (unpaired) electrons. The van der Waals surface area contributed by atoms with Gasteiger partial charge in [0.1, 0.15) is 5.82 Å². The van der Waals surface area contributed by atoms with Crippen molar-refractivity contribution in [3.63, 3.8) is 0 Å². The zero-order valence-electron chi connectivity index (χ0n) is 29.1. The fourth-order valence-corrected chi connectivity index (χ4v) is 11.9. The summed E-state index contributed by atoms with van der Waals surface area (Å²) in [6.07, 6.45) is 14.1. The Labute approximate surface area is 275 Å². The summed E-state index contributed by atoms with van der Waals surface area (Å²) in [6.45, 7) is 20.0. The molecule has 1 aromatic rings. The Hall–Kier alpha value is -2.96. The number of nitrogens with one attached hydrogen (secondary N) is 2. The first kappa shape index (κ1) is 33.0. The number of hydrazine groups is 1. The monoisotopic (exact) mass is 629 g/mol. The van der Waals surface area contributed by atoms with Crippen molar-refractivity contribution in [2.75, 3.05) is 5.43 Å². The lowest BCUT2D eigenvalue weighted by Crippen LogP contribution is -2.66. The minimum atomic E-state index is -0.551. The van der Waals surface area contributed by atoms with Gasteiger partial charge in [-0.3, -0.25) is 25.2 Å². The summed E-state index contributed by atoms with van der Waals surface area (Å²) in [5.74, 6) is 1.37. The zero-order chi connectivity index (χ0) is 33.3. The van der Waals surface area contributed by atoms with Crippen LogP contribution in [0, 0.1) is 56.2 Å². The Morgan fingerprint density at radius 1 is 1.00 bits per heavy atom. The van der Waals surface area contributed by atoms with Crippen LogP contribution in [-0.2, 0) is 19.1 Å². The minimum Gasteiger partial charge on any atom is -0.435 e. The van der Waals surface area contributed by atoms with Gasteiger partial charge < -0.3 is 4.74 Å². The van der Waals surface area contributed by atoms with Gasteiger partial charge in [-0.1, -0.05) is 66.7 Å². The average Bonchev–Trinajstić information content (AvgIpc) is 3.00. The molecule has 46 heavy (non-hydrogen) atoms. The second-order valence-electron chi connectivity index (χ2n) is 17.5. The fraction of sp³-hybridized carbons (Fsp3) is 0.692. The van der Waals surface area contributed by atoms with Crippen LogP contribution in [0.4, 0.5) is 5.82 Å². The SMILES string of the molecule is C=COC(=O)C[C@@H]1CC[C@@]2(C)[C@H](CC[C@]3(C)[C@@H]2C(=O)C=C2[C@@H]4C[C@@](C)(C(=O)NNc5ccccn5)CC[C@]4(C)CC[C@]23C)C1(C)C. The highest BCUT2D eigenvalue weighted by Crippen LogP contribution is 2.75. The molecule has 1 amide bonds. The van der Waals surface area contributed by atoms with Gasteiger partial charge in [-0.15, -0.1) is 0 Å². The molecular formula is C39H55N3O4. The molecule has 5 aliphatic carbocycles. The Morgan fingerprint density at radius 3 is 2.43 bits per heavy atom. The molecular weight excluding hydrogens is 574 g/mol. The van der Waals surface area contributed by atoms with Gasteiger partial charge in [0.2, 0.25) is 5.91 Å². The number of nitrogens with zero attached hydrogens (tertiary/aromatic N) is 1. The Morgan fingerprint density at radius 2 is 1.74 bits per heavy atom. The molecule has 7 nitrogen and oxygen atoms in total. The first-order valence-electron chi connectivity index (χ1n) is 17.6. The van der Waals surface area contributed by atoms with Gasteiger partial charge in [-0.05, 0) is 121 Å². The maximum atomic E-state index is 14.7. The first-order chi connectivity index (χ1) is 21.5. The number of carbonyl (C=O) groups excluding carboxylic acids is 3. The molecule has 0 aliphatic heterocycles. The van der Waals surface area contributed by atoms with E-state index in [1.54, 1.807) is 6.20 Å². The topological polar surface area (TPSA) is 97.4 Å². The molecule has 2 N–H and O–H groups in total. The van der Waals surface area contributed by atoms with E-state index in [4.69, 9.17) is 4.74 Å². The Balaban J connectivity index is 1.30. The molecule has 1 aromatic heterocycles. The molecule has 4 fully saturated rings. The standard InChI is InChI=1S/C39H55N3O4/c1-9-46-31(44)22-25-13-15-37(6)29(34(25,2)3)14-16-39(8)32(37)28(43)23-26-27-24-36(5,18-17-35(27,4)19-20-38(26,39)7)33(45)42-41-30-12-10-11-21-40-30/h9-12,21,23,25,27,29,32H,1,13-20,22,24H2,2-8H3,(H,40,41)(H,42,45)/t25-,27-,29+,32+,35+,36-,37-,38+,39+/m0/s1.